The molecule has 0 spiro atoms. The molecule has 0 aliphatic carbocycles. The average molecular weight is 419 g/mol. The highest BCUT2D eigenvalue weighted by atomic mass is 19.4. The number of aromatic nitrogens is 1. The van der Waals surface area contributed by atoms with Gasteiger partial charge in [0.05, 0.1) is 5.56 Å². The molecular weight excluding hydrogens is 399 g/mol. The van der Waals surface area contributed by atoms with Gasteiger partial charge in [-0.3, -0.25) is 9.59 Å². The van der Waals surface area contributed by atoms with Crippen molar-refractivity contribution in [1.82, 2.24) is 4.98 Å². The lowest BCUT2D eigenvalue weighted by Crippen LogP contribution is -2.21. The normalized spacial score (nSPS) is 14.2. The van der Waals surface area contributed by atoms with Crippen LogP contribution in [0.1, 0.15) is 35.7 Å². The van der Waals surface area contributed by atoms with E-state index in [1.54, 1.807) is 12.1 Å². The number of hydrogen-bond acceptors (Lipinski definition) is 5. The van der Waals surface area contributed by atoms with Gasteiger partial charge in [0.25, 0.3) is 5.91 Å². The summed E-state index contributed by atoms with van der Waals surface area (Å²) in [5.41, 5.74) is 1.21. The molecule has 6 nitrogen and oxygen atoms in total. The van der Waals surface area contributed by atoms with Gasteiger partial charge >= 0.3 is 6.36 Å². The number of rotatable bonds is 6. The van der Waals surface area contributed by atoms with Crippen LogP contribution in [0.3, 0.4) is 0 Å². The molecule has 30 heavy (non-hydrogen) atoms. The highest BCUT2D eigenvalue weighted by molar-refractivity contribution is 6.05. The van der Waals surface area contributed by atoms with Crippen LogP contribution in [0.25, 0.3) is 6.08 Å². The summed E-state index contributed by atoms with van der Waals surface area (Å²) in [5, 5.41) is 2.61. The number of anilines is 2. The molecule has 0 saturated carbocycles. The molecule has 1 aliphatic rings. The Morgan fingerprint density at radius 2 is 1.83 bits per heavy atom. The quantitative estimate of drug-likeness (QED) is 0.702. The summed E-state index contributed by atoms with van der Waals surface area (Å²) in [6, 6.07) is 6.47. The summed E-state index contributed by atoms with van der Waals surface area (Å²) in [4.78, 5) is 30.4. The van der Waals surface area contributed by atoms with E-state index in [-0.39, 0.29) is 17.1 Å². The second-order valence-electron chi connectivity index (χ2n) is 6.80. The standard InChI is InChI=1S/C21H20F3N3O3/c1-14(28)4-5-15-12-16(13-25-19(15)27-10-2-3-11-27)20(29)26-17-6-8-18(9-7-17)30-21(22,23)24/h4-9,12-13H,2-3,10-11H2,1H3,(H,26,29)/b5-4+. The van der Waals surface area contributed by atoms with Crippen molar-refractivity contribution in [3.8, 4) is 5.75 Å². The molecule has 9 heteroatoms. The molecule has 1 aliphatic heterocycles. The van der Waals surface area contributed by atoms with Crippen LogP contribution >= 0.6 is 0 Å². The number of nitrogens with zero attached hydrogens (tertiary/aromatic N) is 2. The maximum Gasteiger partial charge on any atom is 0.573 e. The van der Waals surface area contributed by atoms with Crippen molar-refractivity contribution >= 4 is 29.3 Å². The zero-order valence-electron chi connectivity index (χ0n) is 16.2. The second-order valence-corrected chi connectivity index (χ2v) is 6.80. The molecule has 2 aromatic rings. The van der Waals surface area contributed by atoms with Gasteiger partial charge in [-0.2, -0.15) is 0 Å². The van der Waals surface area contributed by atoms with E-state index >= 15 is 0 Å². The number of alkyl halides is 3. The molecule has 1 aromatic heterocycles. The predicted octanol–water partition coefficient (Wildman–Crippen LogP) is 4.43. The molecule has 158 valence electrons. The number of benzene rings is 1. The number of amides is 1. The van der Waals surface area contributed by atoms with Crippen LogP contribution in [0, 0.1) is 0 Å². The summed E-state index contributed by atoms with van der Waals surface area (Å²) >= 11 is 0. The number of allylic oxidation sites excluding steroid dienone is 1. The highest BCUT2D eigenvalue weighted by Crippen LogP contribution is 2.26. The number of ether oxygens (including phenoxy) is 1. The Kier molecular flexibility index (Phi) is 6.39. The summed E-state index contributed by atoms with van der Waals surface area (Å²) in [6.45, 7) is 3.14. The van der Waals surface area contributed by atoms with Crippen molar-refractivity contribution in [3.63, 3.8) is 0 Å². The molecule has 2 heterocycles. The van der Waals surface area contributed by atoms with Crippen molar-refractivity contribution in [1.29, 1.82) is 0 Å². The SMILES string of the molecule is CC(=O)/C=C/c1cc(C(=O)Nc2ccc(OC(F)(F)F)cc2)cnc1N1CCCC1. The van der Waals surface area contributed by atoms with Gasteiger partial charge in [0.15, 0.2) is 5.78 Å². The maximum absolute atomic E-state index is 12.6. The van der Waals surface area contributed by atoms with Crippen LogP contribution < -0.4 is 15.0 Å². The van der Waals surface area contributed by atoms with E-state index in [0.717, 1.165) is 38.1 Å². The molecule has 1 amide bonds. The lowest BCUT2D eigenvalue weighted by atomic mass is 10.1. The van der Waals surface area contributed by atoms with Gasteiger partial charge in [0.1, 0.15) is 11.6 Å². The first kappa shape index (κ1) is 21.4. The van der Waals surface area contributed by atoms with Crippen LogP contribution in [0.4, 0.5) is 24.7 Å². The monoisotopic (exact) mass is 419 g/mol. The van der Waals surface area contributed by atoms with Crippen LogP contribution in [-0.2, 0) is 4.79 Å². The molecule has 1 aromatic carbocycles. The van der Waals surface area contributed by atoms with Crippen LogP contribution in [0.2, 0.25) is 0 Å². The minimum absolute atomic E-state index is 0.126. The van der Waals surface area contributed by atoms with E-state index in [0.29, 0.717) is 17.1 Å². The van der Waals surface area contributed by atoms with Crippen molar-refractivity contribution in [2.45, 2.75) is 26.1 Å². The van der Waals surface area contributed by atoms with Gasteiger partial charge in [-0.25, -0.2) is 4.98 Å². The highest BCUT2D eigenvalue weighted by Gasteiger charge is 2.31. The Hall–Kier alpha value is -3.36. The van der Waals surface area contributed by atoms with Crippen LogP contribution in [0.15, 0.2) is 42.6 Å². The fourth-order valence-corrected chi connectivity index (χ4v) is 3.06. The van der Waals surface area contributed by atoms with E-state index < -0.39 is 12.3 Å². The number of ketones is 1. The van der Waals surface area contributed by atoms with Gasteiger partial charge in [-0.15, -0.1) is 13.2 Å². The van der Waals surface area contributed by atoms with Crippen molar-refractivity contribution < 1.29 is 27.5 Å². The largest absolute Gasteiger partial charge is 0.573 e. The number of carbonyl (C=O) groups is 2. The molecular formula is C21H20F3N3O3. The zero-order valence-corrected chi connectivity index (χ0v) is 16.2. The predicted molar refractivity (Wildman–Crippen MR) is 106 cm³/mol. The number of hydrogen-bond donors (Lipinski definition) is 1. The van der Waals surface area contributed by atoms with E-state index in [1.165, 1.54) is 31.3 Å². The van der Waals surface area contributed by atoms with E-state index in [2.05, 4.69) is 19.9 Å². The Bertz CT molecular complexity index is 950. The van der Waals surface area contributed by atoms with Crippen molar-refractivity contribution in [2.75, 3.05) is 23.3 Å². The van der Waals surface area contributed by atoms with Gasteiger partial charge in [-0.1, -0.05) is 0 Å². The smallest absolute Gasteiger partial charge is 0.406 e. The molecule has 3 rings (SSSR count). The second kappa shape index (κ2) is 8.98. The van der Waals surface area contributed by atoms with Gasteiger partial charge in [0.2, 0.25) is 0 Å². The molecule has 0 unspecified atom stereocenters. The van der Waals surface area contributed by atoms with Crippen LogP contribution in [0.5, 0.6) is 5.75 Å². The number of carbonyl (C=O) groups excluding carboxylic acids is 2. The minimum Gasteiger partial charge on any atom is -0.406 e. The third-order valence-electron chi connectivity index (χ3n) is 4.41. The van der Waals surface area contributed by atoms with Crippen molar-refractivity contribution in [3.05, 3.63) is 53.7 Å². The Morgan fingerprint density at radius 1 is 1.17 bits per heavy atom. The van der Waals surface area contributed by atoms with Gasteiger partial charge in [0, 0.05) is 30.5 Å². The Morgan fingerprint density at radius 3 is 2.43 bits per heavy atom. The summed E-state index contributed by atoms with van der Waals surface area (Å²) in [7, 11) is 0. The van der Waals surface area contributed by atoms with Crippen LogP contribution in [-0.4, -0.2) is 36.1 Å². The number of halogens is 3. The fourth-order valence-electron chi connectivity index (χ4n) is 3.06. The van der Waals surface area contributed by atoms with E-state index in [1.807, 2.05) is 0 Å². The Balaban J connectivity index is 1.78. The lowest BCUT2D eigenvalue weighted by Gasteiger charge is -2.19. The third kappa shape index (κ3) is 5.82. The van der Waals surface area contributed by atoms with E-state index in [4.69, 9.17) is 0 Å². The lowest BCUT2D eigenvalue weighted by molar-refractivity contribution is -0.274. The van der Waals surface area contributed by atoms with Crippen molar-refractivity contribution in [2.24, 2.45) is 0 Å². The Labute approximate surface area is 171 Å². The molecule has 0 radical (unpaired) electrons. The summed E-state index contributed by atoms with van der Waals surface area (Å²) in [5.74, 6) is -0.278. The first-order valence-corrected chi connectivity index (χ1v) is 9.32. The zero-order chi connectivity index (χ0) is 21.7. The first-order valence-electron chi connectivity index (χ1n) is 9.32. The minimum atomic E-state index is -4.78. The number of pyridine rings is 1. The third-order valence-corrected chi connectivity index (χ3v) is 4.41. The number of nitrogens with one attached hydrogen (secondary N) is 1. The summed E-state index contributed by atoms with van der Waals surface area (Å²) < 4.78 is 40.5. The molecule has 1 fully saturated rings. The van der Waals surface area contributed by atoms with Gasteiger partial charge in [-0.05, 0) is 62.2 Å². The molecule has 1 saturated heterocycles. The molecule has 0 atom stereocenters. The topological polar surface area (TPSA) is 71.5 Å². The first-order chi connectivity index (χ1) is 14.2. The summed E-state index contributed by atoms with van der Waals surface area (Å²) in [6.07, 6.45) is 1.80. The van der Waals surface area contributed by atoms with Gasteiger partial charge < -0.3 is 15.0 Å². The fraction of sp³-hybridized carbons (Fsp3) is 0.286. The van der Waals surface area contributed by atoms with E-state index in [9.17, 15) is 22.8 Å². The molecule has 1 N–H and O–H groups in total. The molecule has 0 bridgehead atoms. The average Bonchev–Trinajstić information content (AvgIpc) is 3.21. The maximum atomic E-state index is 12.6.